The van der Waals surface area contributed by atoms with Crippen molar-refractivity contribution in [1.82, 2.24) is 4.31 Å². The van der Waals surface area contributed by atoms with Gasteiger partial charge in [-0.1, -0.05) is 12.2 Å². The number of anilines is 1. The third-order valence-corrected chi connectivity index (χ3v) is 4.45. The van der Waals surface area contributed by atoms with Crippen molar-refractivity contribution < 1.29 is 17.9 Å². The van der Waals surface area contributed by atoms with Gasteiger partial charge in [-0.2, -0.15) is 12.7 Å². The molecule has 7 nitrogen and oxygen atoms in total. The average molecular weight is 331 g/mol. The van der Waals surface area contributed by atoms with Gasteiger partial charge in [0.05, 0.1) is 18.9 Å². The maximum atomic E-state index is 12.1. The lowest BCUT2D eigenvalue weighted by Crippen LogP contribution is -2.43. The van der Waals surface area contributed by atoms with E-state index in [1.807, 2.05) is 0 Å². The summed E-state index contributed by atoms with van der Waals surface area (Å²) >= 11 is 4.71. The Morgan fingerprint density at radius 1 is 1.33 bits per heavy atom. The van der Waals surface area contributed by atoms with Crippen LogP contribution < -0.4 is 15.2 Å². The molecule has 0 aliphatic carbocycles. The molecule has 0 unspecified atom stereocenters. The second kappa shape index (κ2) is 7.03. The van der Waals surface area contributed by atoms with Crippen LogP contribution in [0.3, 0.4) is 0 Å². The van der Waals surface area contributed by atoms with E-state index >= 15 is 0 Å². The molecule has 1 aliphatic rings. The van der Waals surface area contributed by atoms with Crippen molar-refractivity contribution >= 4 is 33.1 Å². The van der Waals surface area contributed by atoms with E-state index < -0.39 is 10.2 Å². The van der Waals surface area contributed by atoms with E-state index in [0.717, 1.165) is 0 Å². The molecule has 0 spiro atoms. The molecule has 0 radical (unpaired) electrons. The van der Waals surface area contributed by atoms with E-state index in [-0.39, 0.29) is 11.6 Å². The van der Waals surface area contributed by atoms with Crippen molar-refractivity contribution in [3.05, 3.63) is 24.3 Å². The molecule has 21 heavy (non-hydrogen) atoms. The van der Waals surface area contributed by atoms with Gasteiger partial charge in [-0.25, -0.2) is 0 Å². The summed E-state index contributed by atoms with van der Waals surface area (Å²) < 4.78 is 38.6. The fourth-order valence-corrected chi connectivity index (χ4v) is 3.03. The molecule has 1 aliphatic heterocycles. The van der Waals surface area contributed by atoms with Crippen LogP contribution in [0, 0.1) is 0 Å². The third-order valence-electron chi connectivity index (χ3n) is 2.79. The molecule has 1 saturated heterocycles. The highest BCUT2D eigenvalue weighted by molar-refractivity contribution is 7.90. The fourth-order valence-electron chi connectivity index (χ4n) is 1.77. The van der Waals surface area contributed by atoms with Gasteiger partial charge in [0, 0.05) is 13.1 Å². The Hall–Kier alpha value is -1.42. The van der Waals surface area contributed by atoms with Crippen molar-refractivity contribution in [3.63, 3.8) is 0 Å². The Morgan fingerprint density at radius 2 is 1.95 bits per heavy atom. The van der Waals surface area contributed by atoms with Gasteiger partial charge >= 0.3 is 10.2 Å². The van der Waals surface area contributed by atoms with Crippen molar-refractivity contribution in [2.75, 3.05) is 37.6 Å². The summed E-state index contributed by atoms with van der Waals surface area (Å²) in [5.74, 6) is 0.567. The van der Waals surface area contributed by atoms with Gasteiger partial charge in [-0.3, -0.25) is 4.72 Å². The standard InChI is InChI=1S/C12H17N3O4S2/c13-12(20)9-19-11-3-1-10(2-4-11)14-21(16,17)15-5-7-18-8-6-15/h1-4,14H,5-9H2,(H2,13,20). The van der Waals surface area contributed by atoms with Crippen LogP contribution in [-0.4, -0.2) is 50.6 Å². The maximum Gasteiger partial charge on any atom is 0.301 e. The van der Waals surface area contributed by atoms with Crippen LogP contribution >= 0.6 is 12.2 Å². The zero-order chi connectivity index (χ0) is 15.3. The summed E-state index contributed by atoms with van der Waals surface area (Å²) in [7, 11) is -3.55. The zero-order valence-electron chi connectivity index (χ0n) is 11.3. The summed E-state index contributed by atoms with van der Waals surface area (Å²) in [5.41, 5.74) is 5.80. The highest BCUT2D eigenvalue weighted by Gasteiger charge is 2.23. The molecule has 0 aromatic heterocycles. The third kappa shape index (κ3) is 4.81. The SMILES string of the molecule is NC(=S)COc1ccc(NS(=O)(=O)N2CCOCC2)cc1. The molecule has 1 aromatic carbocycles. The first-order valence-corrected chi connectivity index (χ1v) is 8.19. The number of ether oxygens (including phenoxy) is 2. The van der Waals surface area contributed by atoms with E-state index in [0.29, 0.717) is 37.7 Å². The first-order valence-electron chi connectivity index (χ1n) is 6.34. The first-order chi connectivity index (χ1) is 9.97. The Morgan fingerprint density at radius 3 is 2.52 bits per heavy atom. The minimum absolute atomic E-state index is 0.147. The van der Waals surface area contributed by atoms with E-state index in [1.54, 1.807) is 24.3 Å². The molecule has 3 N–H and O–H groups in total. The van der Waals surface area contributed by atoms with Crippen LogP contribution in [0.5, 0.6) is 5.75 Å². The average Bonchev–Trinajstić information content (AvgIpc) is 2.47. The number of hydrogen-bond donors (Lipinski definition) is 2. The molecule has 0 atom stereocenters. The van der Waals surface area contributed by atoms with E-state index in [9.17, 15) is 8.42 Å². The van der Waals surface area contributed by atoms with Crippen molar-refractivity contribution in [2.24, 2.45) is 5.73 Å². The maximum absolute atomic E-state index is 12.1. The number of thiocarbonyl (C=S) groups is 1. The predicted octanol–water partition coefficient (Wildman–Crippen LogP) is 0.340. The summed E-state index contributed by atoms with van der Waals surface area (Å²) in [5, 5.41) is 0. The number of nitrogens with one attached hydrogen (secondary N) is 1. The fraction of sp³-hybridized carbons (Fsp3) is 0.417. The summed E-state index contributed by atoms with van der Waals surface area (Å²) in [4.78, 5) is 0.257. The lowest BCUT2D eigenvalue weighted by Gasteiger charge is -2.26. The van der Waals surface area contributed by atoms with Gasteiger partial charge in [-0.05, 0) is 24.3 Å². The molecule has 0 saturated carbocycles. The van der Waals surface area contributed by atoms with Gasteiger partial charge in [-0.15, -0.1) is 0 Å². The van der Waals surface area contributed by atoms with Crippen molar-refractivity contribution in [1.29, 1.82) is 0 Å². The van der Waals surface area contributed by atoms with E-state index in [4.69, 9.17) is 27.4 Å². The number of rotatable bonds is 6. The largest absolute Gasteiger partial charge is 0.487 e. The lowest BCUT2D eigenvalue weighted by atomic mass is 10.3. The van der Waals surface area contributed by atoms with Crippen LogP contribution in [0.4, 0.5) is 5.69 Å². The molecular weight excluding hydrogens is 314 g/mol. The van der Waals surface area contributed by atoms with Crippen LogP contribution in [0.2, 0.25) is 0 Å². The van der Waals surface area contributed by atoms with Crippen molar-refractivity contribution in [2.45, 2.75) is 0 Å². The molecule has 1 fully saturated rings. The van der Waals surface area contributed by atoms with E-state index in [2.05, 4.69) is 4.72 Å². The van der Waals surface area contributed by atoms with Gasteiger partial charge in [0.15, 0.2) is 0 Å². The van der Waals surface area contributed by atoms with Crippen LogP contribution in [0.25, 0.3) is 0 Å². The van der Waals surface area contributed by atoms with Gasteiger partial charge < -0.3 is 15.2 Å². The van der Waals surface area contributed by atoms with Gasteiger partial charge in [0.1, 0.15) is 17.3 Å². The van der Waals surface area contributed by atoms with E-state index in [1.165, 1.54) is 4.31 Å². The van der Waals surface area contributed by atoms with Gasteiger partial charge in [0.25, 0.3) is 0 Å². The second-order valence-corrected chi connectivity index (χ2v) is 6.59. The second-order valence-electron chi connectivity index (χ2n) is 4.40. The van der Waals surface area contributed by atoms with Crippen molar-refractivity contribution in [3.8, 4) is 5.75 Å². The normalized spacial score (nSPS) is 16.4. The Bertz CT molecular complexity index is 583. The quantitative estimate of drug-likeness (QED) is 0.730. The first kappa shape index (κ1) is 16.0. The highest BCUT2D eigenvalue weighted by atomic mass is 32.2. The predicted molar refractivity (Wildman–Crippen MR) is 83.7 cm³/mol. The number of nitrogens with zero attached hydrogens (tertiary/aromatic N) is 1. The molecule has 116 valence electrons. The summed E-state index contributed by atoms with van der Waals surface area (Å²) in [6, 6.07) is 6.53. The molecule has 1 heterocycles. The molecule has 9 heteroatoms. The minimum atomic E-state index is -3.55. The molecule has 1 aromatic rings. The number of nitrogens with two attached hydrogens (primary N) is 1. The number of hydrogen-bond acceptors (Lipinski definition) is 5. The Kier molecular flexibility index (Phi) is 5.34. The molecule has 2 rings (SSSR count). The smallest absolute Gasteiger partial charge is 0.301 e. The Labute approximate surface area is 129 Å². The topological polar surface area (TPSA) is 93.9 Å². The monoisotopic (exact) mass is 331 g/mol. The van der Waals surface area contributed by atoms with Crippen LogP contribution in [0.1, 0.15) is 0 Å². The summed E-state index contributed by atoms with van der Waals surface area (Å²) in [6.07, 6.45) is 0. The minimum Gasteiger partial charge on any atom is -0.487 e. The summed E-state index contributed by atoms with van der Waals surface area (Å²) in [6.45, 7) is 1.67. The van der Waals surface area contributed by atoms with Gasteiger partial charge in [0.2, 0.25) is 0 Å². The highest BCUT2D eigenvalue weighted by Crippen LogP contribution is 2.18. The molecular formula is C12H17N3O4S2. The number of benzene rings is 1. The molecule has 0 bridgehead atoms. The Balaban J connectivity index is 1.97. The zero-order valence-corrected chi connectivity index (χ0v) is 13.0. The number of morpholine rings is 1. The van der Waals surface area contributed by atoms with Crippen LogP contribution in [0.15, 0.2) is 24.3 Å². The lowest BCUT2D eigenvalue weighted by molar-refractivity contribution is 0.0733. The molecule has 0 amide bonds. The van der Waals surface area contributed by atoms with Crippen LogP contribution in [-0.2, 0) is 14.9 Å².